The Hall–Kier alpha value is -0.860. The van der Waals surface area contributed by atoms with Gasteiger partial charge < -0.3 is 4.74 Å². The molecule has 1 saturated carbocycles. The van der Waals surface area contributed by atoms with Crippen molar-refractivity contribution in [3.05, 3.63) is 0 Å². The van der Waals surface area contributed by atoms with Crippen LogP contribution < -0.4 is 0 Å². The highest BCUT2D eigenvalue weighted by Gasteiger charge is 2.69. The van der Waals surface area contributed by atoms with E-state index in [1.165, 1.54) is 0 Å². The Kier molecular flexibility index (Phi) is 0.926. The van der Waals surface area contributed by atoms with Gasteiger partial charge in [0.15, 0.2) is 0 Å². The summed E-state index contributed by atoms with van der Waals surface area (Å²) in [6, 6.07) is 0. The topological polar surface area (TPSA) is 43.4 Å². The molecule has 11 heavy (non-hydrogen) atoms. The van der Waals surface area contributed by atoms with Crippen LogP contribution in [0.15, 0.2) is 0 Å². The SMILES string of the molecule is CC12CCC1(C)C(=O)OC2=O. The molecule has 2 fully saturated rings. The highest BCUT2D eigenvalue weighted by Crippen LogP contribution is 2.61. The third kappa shape index (κ3) is 0.481. The van der Waals surface area contributed by atoms with E-state index in [1.54, 1.807) is 0 Å². The zero-order chi connectivity index (χ0) is 8.28. The van der Waals surface area contributed by atoms with Gasteiger partial charge in [-0.05, 0) is 26.7 Å². The first-order valence-corrected chi connectivity index (χ1v) is 3.77. The molecule has 0 spiro atoms. The van der Waals surface area contributed by atoms with E-state index in [0.717, 1.165) is 12.8 Å². The normalized spacial score (nSPS) is 48.2. The highest BCUT2D eigenvalue weighted by molar-refractivity contribution is 6.02. The first-order valence-electron chi connectivity index (χ1n) is 3.77. The lowest BCUT2D eigenvalue weighted by Crippen LogP contribution is -2.49. The molecule has 0 N–H and O–H groups in total. The Bertz CT molecular complexity index is 232. The van der Waals surface area contributed by atoms with Crippen molar-refractivity contribution in [2.45, 2.75) is 26.7 Å². The van der Waals surface area contributed by atoms with Gasteiger partial charge in [0.2, 0.25) is 0 Å². The molecule has 1 heterocycles. The van der Waals surface area contributed by atoms with E-state index in [2.05, 4.69) is 4.74 Å². The fourth-order valence-electron chi connectivity index (χ4n) is 1.84. The van der Waals surface area contributed by atoms with Crippen molar-refractivity contribution in [3.8, 4) is 0 Å². The molecule has 1 saturated heterocycles. The summed E-state index contributed by atoms with van der Waals surface area (Å²) < 4.78 is 4.58. The van der Waals surface area contributed by atoms with Crippen LogP contribution in [0.25, 0.3) is 0 Å². The minimum atomic E-state index is -0.510. The molecule has 3 heteroatoms. The van der Waals surface area contributed by atoms with Crippen LogP contribution in [0.1, 0.15) is 26.7 Å². The molecule has 2 rings (SSSR count). The quantitative estimate of drug-likeness (QED) is 0.384. The van der Waals surface area contributed by atoms with Gasteiger partial charge >= 0.3 is 11.9 Å². The van der Waals surface area contributed by atoms with Crippen LogP contribution in [0.4, 0.5) is 0 Å². The van der Waals surface area contributed by atoms with Gasteiger partial charge in [-0.1, -0.05) is 0 Å². The maximum Gasteiger partial charge on any atom is 0.320 e. The van der Waals surface area contributed by atoms with Gasteiger partial charge in [-0.2, -0.15) is 0 Å². The lowest BCUT2D eigenvalue weighted by molar-refractivity contribution is -0.154. The van der Waals surface area contributed by atoms with Crippen molar-refractivity contribution < 1.29 is 14.3 Å². The zero-order valence-corrected chi connectivity index (χ0v) is 6.64. The second-order valence-corrected chi connectivity index (χ2v) is 3.84. The smallest absolute Gasteiger partial charge is 0.320 e. The Labute approximate surface area is 64.7 Å². The van der Waals surface area contributed by atoms with Crippen molar-refractivity contribution in [2.75, 3.05) is 0 Å². The van der Waals surface area contributed by atoms with Gasteiger partial charge in [-0.3, -0.25) is 9.59 Å². The number of cyclic esters (lactones) is 2. The molecular weight excluding hydrogens is 144 g/mol. The lowest BCUT2D eigenvalue weighted by Gasteiger charge is -2.44. The van der Waals surface area contributed by atoms with Gasteiger partial charge in [0, 0.05) is 0 Å². The molecule has 0 aromatic rings. The molecule has 0 aromatic heterocycles. The van der Waals surface area contributed by atoms with Gasteiger partial charge in [0.25, 0.3) is 0 Å². The average molecular weight is 154 g/mol. The van der Waals surface area contributed by atoms with E-state index in [-0.39, 0.29) is 11.9 Å². The van der Waals surface area contributed by atoms with Crippen molar-refractivity contribution >= 4 is 11.9 Å². The molecule has 2 unspecified atom stereocenters. The summed E-state index contributed by atoms with van der Waals surface area (Å²) >= 11 is 0. The molecule has 2 atom stereocenters. The molecular formula is C8H10O3. The average Bonchev–Trinajstić information content (AvgIpc) is 2.05. The van der Waals surface area contributed by atoms with Gasteiger partial charge in [0.05, 0.1) is 10.8 Å². The van der Waals surface area contributed by atoms with E-state index < -0.39 is 10.8 Å². The van der Waals surface area contributed by atoms with Gasteiger partial charge in [-0.25, -0.2) is 0 Å². The summed E-state index contributed by atoms with van der Waals surface area (Å²) in [5.41, 5.74) is -1.02. The lowest BCUT2D eigenvalue weighted by atomic mass is 9.52. The summed E-state index contributed by atoms with van der Waals surface area (Å²) in [5, 5.41) is 0. The van der Waals surface area contributed by atoms with Crippen molar-refractivity contribution in [1.82, 2.24) is 0 Å². The van der Waals surface area contributed by atoms with E-state index in [0.29, 0.717) is 0 Å². The van der Waals surface area contributed by atoms with Crippen molar-refractivity contribution in [1.29, 1.82) is 0 Å². The standard InChI is InChI=1S/C8H10O3/c1-7-3-4-8(7,2)6(10)11-5(7)9/h3-4H2,1-2H3. The Morgan fingerprint density at radius 3 is 1.64 bits per heavy atom. The first-order chi connectivity index (χ1) is 5.01. The maximum absolute atomic E-state index is 11.1. The van der Waals surface area contributed by atoms with Crippen molar-refractivity contribution in [3.63, 3.8) is 0 Å². The maximum atomic E-state index is 11.1. The second-order valence-electron chi connectivity index (χ2n) is 3.84. The van der Waals surface area contributed by atoms with Crippen molar-refractivity contribution in [2.24, 2.45) is 10.8 Å². The molecule has 1 aliphatic heterocycles. The van der Waals surface area contributed by atoms with Gasteiger partial charge in [0.1, 0.15) is 0 Å². The van der Waals surface area contributed by atoms with E-state index in [4.69, 9.17) is 0 Å². The summed E-state index contributed by atoms with van der Waals surface area (Å²) in [5.74, 6) is -0.674. The number of carbonyl (C=O) groups is 2. The third-order valence-electron chi connectivity index (χ3n) is 3.43. The summed E-state index contributed by atoms with van der Waals surface area (Å²) in [6.45, 7) is 3.62. The summed E-state index contributed by atoms with van der Waals surface area (Å²) in [7, 11) is 0. The molecule has 60 valence electrons. The van der Waals surface area contributed by atoms with Crippen LogP contribution in [0.5, 0.6) is 0 Å². The number of fused-ring (bicyclic) bond motifs is 1. The van der Waals surface area contributed by atoms with E-state index >= 15 is 0 Å². The molecule has 0 aromatic carbocycles. The van der Waals surface area contributed by atoms with Crippen LogP contribution in [0, 0.1) is 10.8 Å². The molecule has 0 bridgehead atoms. The molecule has 0 amide bonds. The minimum absolute atomic E-state index is 0.337. The number of rotatable bonds is 0. The second kappa shape index (κ2) is 1.49. The molecule has 1 aliphatic carbocycles. The summed E-state index contributed by atoms with van der Waals surface area (Å²) in [6.07, 6.45) is 1.57. The largest absolute Gasteiger partial charge is 0.392 e. The predicted molar refractivity (Wildman–Crippen MR) is 36.5 cm³/mol. The number of hydrogen-bond donors (Lipinski definition) is 0. The van der Waals surface area contributed by atoms with E-state index in [9.17, 15) is 9.59 Å². The Morgan fingerprint density at radius 2 is 1.45 bits per heavy atom. The number of hydrogen-bond acceptors (Lipinski definition) is 3. The predicted octanol–water partition coefficient (Wildman–Crippen LogP) is 0.876. The van der Waals surface area contributed by atoms with Crippen LogP contribution in [-0.2, 0) is 14.3 Å². The molecule has 0 radical (unpaired) electrons. The Morgan fingerprint density at radius 1 is 1.09 bits per heavy atom. The summed E-state index contributed by atoms with van der Waals surface area (Å²) in [4.78, 5) is 22.3. The monoisotopic (exact) mass is 154 g/mol. The van der Waals surface area contributed by atoms with Crippen LogP contribution in [0.2, 0.25) is 0 Å². The fraction of sp³-hybridized carbons (Fsp3) is 0.750. The Balaban J connectivity index is 2.48. The van der Waals surface area contributed by atoms with Crippen LogP contribution >= 0.6 is 0 Å². The fourth-order valence-corrected chi connectivity index (χ4v) is 1.84. The van der Waals surface area contributed by atoms with Crippen LogP contribution in [0.3, 0.4) is 0 Å². The van der Waals surface area contributed by atoms with Gasteiger partial charge in [-0.15, -0.1) is 0 Å². The first kappa shape index (κ1) is 6.83. The molecule has 3 nitrogen and oxygen atoms in total. The third-order valence-corrected chi connectivity index (χ3v) is 3.43. The minimum Gasteiger partial charge on any atom is -0.392 e. The highest BCUT2D eigenvalue weighted by atomic mass is 16.6. The zero-order valence-electron chi connectivity index (χ0n) is 6.64. The van der Waals surface area contributed by atoms with E-state index in [1.807, 2.05) is 13.8 Å². The number of esters is 2. The van der Waals surface area contributed by atoms with Crippen LogP contribution in [-0.4, -0.2) is 11.9 Å². The number of ether oxygens (including phenoxy) is 1. The molecule has 2 aliphatic rings. The number of carbonyl (C=O) groups excluding carboxylic acids is 2.